The molecular formula is C31H38N6O2. The number of benzene rings is 3. The van der Waals surface area contributed by atoms with Crippen LogP contribution in [0.15, 0.2) is 72.8 Å². The summed E-state index contributed by atoms with van der Waals surface area (Å²) in [6, 6.07) is 25.2. The molecule has 0 spiro atoms. The minimum atomic E-state index is -0.855. The molecule has 2 unspecified atom stereocenters. The van der Waals surface area contributed by atoms with Gasteiger partial charge in [-0.2, -0.15) is 5.10 Å². The number of rotatable bonds is 9. The first-order valence-electron chi connectivity index (χ1n) is 14.0. The van der Waals surface area contributed by atoms with E-state index in [1.807, 2.05) is 30.3 Å². The highest BCUT2D eigenvalue weighted by molar-refractivity contribution is 5.90. The summed E-state index contributed by atoms with van der Waals surface area (Å²) in [5.74, 6) is 1.45. The summed E-state index contributed by atoms with van der Waals surface area (Å²) in [6.45, 7) is 6.92. The van der Waals surface area contributed by atoms with Gasteiger partial charge in [0.25, 0.3) is 0 Å². The van der Waals surface area contributed by atoms with Gasteiger partial charge in [0.05, 0.1) is 5.52 Å². The largest absolute Gasteiger partial charge is 0.492 e. The lowest BCUT2D eigenvalue weighted by atomic mass is 10.1. The van der Waals surface area contributed by atoms with Crippen molar-refractivity contribution in [2.45, 2.75) is 31.7 Å². The molecule has 0 aliphatic carbocycles. The number of nitrogens with zero attached hydrogens (tertiary/aromatic N) is 4. The number of aliphatic hydroxyl groups is 1. The van der Waals surface area contributed by atoms with E-state index >= 15 is 0 Å². The molecule has 8 nitrogen and oxygen atoms in total. The first-order chi connectivity index (χ1) is 19.1. The molecule has 204 valence electrons. The van der Waals surface area contributed by atoms with E-state index in [1.54, 1.807) is 0 Å². The summed E-state index contributed by atoms with van der Waals surface area (Å²) in [5, 5.41) is 22.4. The summed E-state index contributed by atoms with van der Waals surface area (Å²) in [6.07, 6.45) is 1.50. The maximum absolute atomic E-state index is 10.9. The lowest BCUT2D eigenvalue weighted by Gasteiger charge is -2.34. The van der Waals surface area contributed by atoms with Crippen molar-refractivity contribution in [2.75, 3.05) is 56.6 Å². The Hall–Kier alpha value is -3.59. The van der Waals surface area contributed by atoms with Crippen molar-refractivity contribution in [3.05, 3.63) is 83.9 Å². The Morgan fingerprint density at radius 2 is 1.79 bits per heavy atom. The molecule has 39 heavy (non-hydrogen) atoms. The van der Waals surface area contributed by atoms with Crippen molar-refractivity contribution < 1.29 is 9.84 Å². The van der Waals surface area contributed by atoms with E-state index in [1.165, 1.54) is 17.7 Å². The van der Waals surface area contributed by atoms with Crippen LogP contribution in [0, 0.1) is 0 Å². The normalized spacial score (nSPS) is 19.4. The van der Waals surface area contributed by atoms with Gasteiger partial charge in [0.15, 0.2) is 12.0 Å². The average Bonchev–Trinajstić information content (AvgIpc) is 3.59. The van der Waals surface area contributed by atoms with Gasteiger partial charge in [0, 0.05) is 61.5 Å². The van der Waals surface area contributed by atoms with Gasteiger partial charge in [-0.1, -0.05) is 42.5 Å². The molecule has 3 aromatic carbocycles. The van der Waals surface area contributed by atoms with Crippen LogP contribution in [0.5, 0.6) is 5.75 Å². The second-order valence-corrected chi connectivity index (χ2v) is 10.8. The fraction of sp³-hybridized carbons (Fsp3) is 0.387. The summed E-state index contributed by atoms with van der Waals surface area (Å²) in [5.41, 5.74) is 4.22. The summed E-state index contributed by atoms with van der Waals surface area (Å²) >= 11 is 0. The van der Waals surface area contributed by atoms with Crippen LogP contribution >= 0.6 is 0 Å². The Bertz CT molecular complexity index is 1350. The van der Waals surface area contributed by atoms with Crippen LogP contribution in [0.1, 0.15) is 30.2 Å². The van der Waals surface area contributed by atoms with Gasteiger partial charge in [-0.05, 0) is 56.3 Å². The minimum Gasteiger partial charge on any atom is -0.492 e. The maximum atomic E-state index is 10.9. The fourth-order valence-corrected chi connectivity index (χ4v) is 5.65. The molecule has 2 atom stereocenters. The molecule has 0 saturated carbocycles. The van der Waals surface area contributed by atoms with Crippen molar-refractivity contribution in [1.29, 1.82) is 0 Å². The molecule has 6 rings (SSSR count). The van der Waals surface area contributed by atoms with Gasteiger partial charge in [0.1, 0.15) is 12.4 Å². The molecule has 2 saturated heterocycles. The van der Waals surface area contributed by atoms with Gasteiger partial charge in [-0.3, -0.25) is 10.00 Å². The molecule has 8 heteroatoms. The number of anilines is 2. The molecule has 2 aliphatic heterocycles. The third-order valence-corrected chi connectivity index (χ3v) is 8.05. The molecule has 2 fully saturated rings. The van der Waals surface area contributed by atoms with Crippen LogP contribution in [0.25, 0.3) is 10.9 Å². The molecule has 0 amide bonds. The Morgan fingerprint density at radius 1 is 1.00 bits per heavy atom. The van der Waals surface area contributed by atoms with Gasteiger partial charge >= 0.3 is 0 Å². The van der Waals surface area contributed by atoms with E-state index in [0.29, 0.717) is 18.5 Å². The van der Waals surface area contributed by atoms with Crippen LogP contribution < -0.4 is 15.0 Å². The molecule has 0 bridgehead atoms. The van der Waals surface area contributed by atoms with Gasteiger partial charge < -0.3 is 25.0 Å². The minimum absolute atomic E-state index is 0.415. The molecule has 3 N–H and O–H groups in total. The summed E-state index contributed by atoms with van der Waals surface area (Å²) in [7, 11) is 2.16. The SMILES string of the molecule is CN1CCN(c2ccc(C(O)Nc3n[nH]c4cc(OCC5CCCN5Cc5ccccc5)ccc34)cc2)CC1. The molecule has 1 aromatic heterocycles. The number of piperazine rings is 1. The highest BCUT2D eigenvalue weighted by Crippen LogP contribution is 2.29. The molecule has 2 aliphatic rings. The van der Waals surface area contributed by atoms with Crippen molar-refractivity contribution in [3.63, 3.8) is 0 Å². The number of H-pyrrole nitrogens is 1. The zero-order valence-electron chi connectivity index (χ0n) is 22.6. The molecule has 4 aromatic rings. The zero-order valence-corrected chi connectivity index (χ0v) is 22.6. The van der Waals surface area contributed by atoms with Crippen molar-refractivity contribution in [2.24, 2.45) is 0 Å². The van der Waals surface area contributed by atoms with Crippen LogP contribution in [-0.2, 0) is 6.54 Å². The summed E-state index contributed by atoms with van der Waals surface area (Å²) in [4.78, 5) is 7.25. The fourth-order valence-electron chi connectivity index (χ4n) is 5.65. The second kappa shape index (κ2) is 11.7. The zero-order chi connectivity index (χ0) is 26.6. The smallest absolute Gasteiger partial charge is 0.157 e. The summed E-state index contributed by atoms with van der Waals surface area (Å²) < 4.78 is 6.23. The van der Waals surface area contributed by atoms with E-state index in [9.17, 15) is 5.11 Å². The Labute approximate surface area is 230 Å². The first-order valence-corrected chi connectivity index (χ1v) is 14.0. The number of aromatic amines is 1. The van der Waals surface area contributed by atoms with Gasteiger partial charge in [-0.25, -0.2) is 0 Å². The quantitative estimate of drug-likeness (QED) is 0.278. The number of likely N-dealkylation sites (tertiary alicyclic amines) is 1. The predicted octanol–water partition coefficient (Wildman–Crippen LogP) is 4.46. The van der Waals surface area contributed by atoms with E-state index in [2.05, 4.69) is 79.7 Å². The van der Waals surface area contributed by atoms with E-state index in [0.717, 1.165) is 67.9 Å². The monoisotopic (exact) mass is 526 g/mol. The lowest BCUT2D eigenvalue weighted by molar-refractivity contribution is 0.167. The second-order valence-electron chi connectivity index (χ2n) is 10.8. The van der Waals surface area contributed by atoms with E-state index in [4.69, 9.17) is 4.74 Å². The topological polar surface area (TPSA) is 79.9 Å². The third kappa shape index (κ3) is 6.03. The van der Waals surface area contributed by atoms with Crippen LogP contribution in [-0.4, -0.2) is 77.5 Å². The van der Waals surface area contributed by atoms with Crippen molar-refractivity contribution >= 4 is 22.4 Å². The first kappa shape index (κ1) is 25.7. The number of fused-ring (bicyclic) bond motifs is 1. The number of ether oxygens (including phenoxy) is 1. The number of hydrogen-bond donors (Lipinski definition) is 3. The number of nitrogens with one attached hydrogen (secondary N) is 2. The number of aromatic nitrogens is 2. The number of aliphatic hydroxyl groups excluding tert-OH is 1. The van der Waals surface area contributed by atoms with Gasteiger partial charge in [-0.15, -0.1) is 0 Å². The van der Waals surface area contributed by atoms with Crippen LogP contribution in [0.3, 0.4) is 0 Å². The third-order valence-electron chi connectivity index (χ3n) is 8.05. The Morgan fingerprint density at radius 3 is 2.59 bits per heavy atom. The van der Waals surface area contributed by atoms with E-state index < -0.39 is 6.23 Å². The Balaban J connectivity index is 1.05. The van der Waals surface area contributed by atoms with Crippen LogP contribution in [0.2, 0.25) is 0 Å². The van der Waals surface area contributed by atoms with Crippen molar-refractivity contribution in [3.8, 4) is 5.75 Å². The van der Waals surface area contributed by atoms with Crippen molar-refractivity contribution in [1.82, 2.24) is 20.0 Å². The predicted molar refractivity (Wildman–Crippen MR) is 156 cm³/mol. The molecule has 0 radical (unpaired) electrons. The Kier molecular flexibility index (Phi) is 7.67. The highest BCUT2D eigenvalue weighted by atomic mass is 16.5. The number of likely N-dealkylation sites (N-methyl/N-ethyl adjacent to an activating group) is 1. The maximum Gasteiger partial charge on any atom is 0.157 e. The average molecular weight is 527 g/mol. The molecular weight excluding hydrogens is 488 g/mol. The number of hydrogen-bond acceptors (Lipinski definition) is 7. The van der Waals surface area contributed by atoms with Gasteiger partial charge in [0.2, 0.25) is 0 Å². The lowest BCUT2D eigenvalue weighted by Crippen LogP contribution is -2.44. The standard InChI is InChI=1S/C31H38N6O2/c1-35-16-18-36(19-17-35)25-11-9-24(10-12-25)31(38)32-30-28-14-13-27(20-29(28)33-34-30)39-22-26-8-5-15-37(26)21-23-6-3-2-4-7-23/h2-4,6-7,9-14,20,26,31,38H,5,8,15-19,21-22H2,1H3,(H2,32,33,34). The molecule has 3 heterocycles. The van der Waals surface area contributed by atoms with Crippen LogP contribution in [0.4, 0.5) is 11.5 Å². The van der Waals surface area contributed by atoms with E-state index in [-0.39, 0.29) is 0 Å². The highest BCUT2D eigenvalue weighted by Gasteiger charge is 2.25.